The Kier molecular flexibility index (Phi) is 9.00. The Labute approximate surface area is 270 Å². The van der Waals surface area contributed by atoms with Crippen LogP contribution in [0.25, 0.3) is 11.6 Å². The van der Waals surface area contributed by atoms with Crippen LogP contribution in [-0.4, -0.2) is 67.3 Å². The Hall–Kier alpha value is -1.76. The molecule has 203 valence electrons. The molecule has 1 saturated heterocycles. The number of aromatic nitrogens is 3. The number of pyridine rings is 1. The Morgan fingerprint density at radius 3 is 2.49 bits per heavy atom. The Morgan fingerprint density at radius 1 is 1.13 bits per heavy atom. The summed E-state index contributed by atoms with van der Waals surface area (Å²) in [6.45, 7) is 9.81. The molecule has 1 aliphatic carbocycles. The minimum Gasteiger partial charge on any atom is -0.444 e. The van der Waals surface area contributed by atoms with Gasteiger partial charge in [-0.05, 0) is 74.2 Å². The zero-order valence-corrected chi connectivity index (χ0v) is 28.6. The molecule has 1 aromatic carbocycles. The molecule has 2 atom stereocenters. The molecule has 3 heterocycles. The van der Waals surface area contributed by atoms with Crippen LogP contribution in [0.15, 0.2) is 49.1 Å². The molecule has 3 aromatic rings. The summed E-state index contributed by atoms with van der Waals surface area (Å²) >= 11 is 6.54. The number of benzene rings is 1. The van der Waals surface area contributed by atoms with Crippen LogP contribution >= 0.6 is 11.6 Å². The monoisotopic (exact) mass is 762 g/mol. The van der Waals surface area contributed by atoms with Gasteiger partial charge in [0.15, 0.2) is 0 Å². The first-order chi connectivity index (χ1) is 18.0. The van der Waals surface area contributed by atoms with Crippen LogP contribution in [0.2, 0.25) is 5.02 Å². The molecule has 1 radical (unpaired) electrons. The maximum absolute atomic E-state index is 12.7. The molecule has 2 aliphatic rings. The number of carbonyl (C=O) groups is 1. The fourth-order valence-corrected chi connectivity index (χ4v) is 5.56. The van der Waals surface area contributed by atoms with Crippen LogP contribution in [0.3, 0.4) is 0 Å². The summed E-state index contributed by atoms with van der Waals surface area (Å²) in [6, 6.07) is 9.58. The van der Waals surface area contributed by atoms with Crippen molar-refractivity contribution in [2.24, 2.45) is 7.05 Å². The molecule has 2 aromatic heterocycles. The zero-order chi connectivity index (χ0) is 27.2. The molecule has 1 fully saturated rings. The van der Waals surface area contributed by atoms with E-state index >= 15 is 0 Å². The standard InChI is InChI=1S/C29H34ClN5O3.Ac/c1-28(2,3)38-27(36)35-13-11-34(12-14-35)26-21-9-8-20(30)16-22(21)23(15-19-7-6-10-32-25(19)26)29(4,37)24-17-31-18-33(24)5;/h6-10,15-18,26,37H,11-14H2,1-5H3;/t26-,29?;/m0./s1. The maximum Gasteiger partial charge on any atom is 0.410 e. The quantitative estimate of drug-likeness (QED) is 0.411. The molecule has 0 spiro atoms. The van der Waals surface area contributed by atoms with E-state index in [1.165, 1.54) is 0 Å². The van der Waals surface area contributed by atoms with Gasteiger partial charge >= 0.3 is 6.09 Å². The smallest absolute Gasteiger partial charge is 0.410 e. The number of halogens is 1. The third-order valence-corrected chi connectivity index (χ3v) is 7.44. The van der Waals surface area contributed by atoms with Crippen LogP contribution in [0.1, 0.15) is 61.8 Å². The summed E-state index contributed by atoms with van der Waals surface area (Å²) in [5.41, 5.74) is 3.21. The van der Waals surface area contributed by atoms with E-state index < -0.39 is 11.2 Å². The van der Waals surface area contributed by atoms with E-state index in [0.717, 1.165) is 28.0 Å². The number of imidazole rings is 1. The van der Waals surface area contributed by atoms with Gasteiger partial charge in [-0.15, -0.1) is 0 Å². The average molecular weight is 763 g/mol. The summed E-state index contributed by atoms with van der Waals surface area (Å²) in [7, 11) is 1.87. The summed E-state index contributed by atoms with van der Waals surface area (Å²) in [4.78, 5) is 25.9. The number of nitrogens with zero attached hydrogens (tertiary/aromatic N) is 5. The summed E-state index contributed by atoms with van der Waals surface area (Å²) < 4.78 is 7.43. The van der Waals surface area contributed by atoms with E-state index in [4.69, 9.17) is 21.3 Å². The predicted molar refractivity (Wildman–Crippen MR) is 148 cm³/mol. The van der Waals surface area contributed by atoms with Crippen LogP contribution in [0, 0.1) is 44.1 Å². The van der Waals surface area contributed by atoms with Crippen molar-refractivity contribution in [2.45, 2.75) is 44.9 Å². The average Bonchev–Trinajstić information content (AvgIpc) is 3.24. The molecule has 10 heteroatoms. The molecule has 5 rings (SSSR count). The first-order valence-electron chi connectivity index (χ1n) is 12.8. The number of aryl methyl sites for hydroxylation is 1. The minimum absolute atomic E-state index is 0. The van der Waals surface area contributed by atoms with Crippen LogP contribution in [0.4, 0.5) is 4.79 Å². The molecule has 1 N–H and O–H groups in total. The predicted octanol–water partition coefficient (Wildman–Crippen LogP) is 4.87. The largest absolute Gasteiger partial charge is 0.444 e. The molecule has 1 aliphatic heterocycles. The zero-order valence-electron chi connectivity index (χ0n) is 23.1. The van der Waals surface area contributed by atoms with Crippen molar-refractivity contribution in [2.75, 3.05) is 26.2 Å². The van der Waals surface area contributed by atoms with E-state index in [1.54, 1.807) is 30.5 Å². The molecule has 1 unspecified atom stereocenters. The first kappa shape index (κ1) is 30.2. The van der Waals surface area contributed by atoms with E-state index in [1.807, 2.05) is 68.8 Å². The molecular weight excluding hydrogens is 729 g/mol. The molecule has 0 saturated carbocycles. The molecule has 39 heavy (non-hydrogen) atoms. The van der Waals surface area contributed by atoms with Crippen molar-refractivity contribution >= 4 is 29.3 Å². The number of amides is 1. The van der Waals surface area contributed by atoms with Gasteiger partial charge in [0.1, 0.15) is 11.2 Å². The number of rotatable bonds is 3. The number of carbonyl (C=O) groups excluding carboxylic acids is 1. The third-order valence-electron chi connectivity index (χ3n) is 7.20. The van der Waals surface area contributed by atoms with Gasteiger partial charge in [0.05, 0.1) is 30.0 Å². The van der Waals surface area contributed by atoms with Crippen LogP contribution in [0.5, 0.6) is 0 Å². The van der Waals surface area contributed by atoms with Crippen LogP contribution in [-0.2, 0) is 17.4 Å². The number of aliphatic hydroxyl groups is 1. The Morgan fingerprint density at radius 2 is 1.85 bits per heavy atom. The fourth-order valence-electron chi connectivity index (χ4n) is 5.39. The number of fused-ring (bicyclic) bond motifs is 2. The minimum atomic E-state index is -1.35. The summed E-state index contributed by atoms with van der Waals surface area (Å²) in [6.07, 6.45) is 6.90. The number of ether oxygens (including phenoxy) is 1. The topological polar surface area (TPSA) is 83.7 Å². The van der Waals surface area contributed by atoms with Crippen molar-refractivity contribution in [1.29, 1.82) is 0 Å². The van der Waals surface area contributed by atoms with E-state index in [9.17, 15) is 9.90 Å². The second kappa shape index (κ2) is 11.6. The third kappa shape index (κ3) is 6.13. The van der Waals surface area contributed by atoms with Crippen LogP contribution < -0.4 is 0 Å². The van der Waals surface area contributed by atoms with Crippen molar-refractivity contribution in [3.63, 3.8) is 0 Å². The first-order valence-corrected chi connectivity index (χ1v) is 13.2. The van der Waals surface area contributed by atoms with Gasteiger partial charge in [-0.1, -0.05) is 23.7 Å². The van der Waals surface area contributed by atoms with Crippen molar-refractivity contribution in [1.82, 2.24) is 24.3 Å². The molecule has 8 nitrogen and oxygen atoms in total. The Balaban J connectivity index is 0.00000353. The van der Waals surface area contributed by atoms with Gasteiger partial charge in [-0.25, -0.2) is 9.78 Å². The van der Waals surface area contributed by atoms with Gasteiger partial charge in [-0.3, -0.25) is 9.88 Å². The van der Waals surface area contributed by atoms with E-state index in [2.05, 4.69) is 9.88 Å². The second-order valence-electron chi connectivity index (χ2n) is 11.1. The summed E-state index contributed by atoms with van der Waals surface area (Å²) in [5, 5.41) is 12.6. The van der Waals surface area contributed by atoms with Gasteiger partial charge in [0, 0.05) is 88.5 Å². The van der Waals surface area contributed by atoms with Gasteiger partial charge < -0.3 is 19.3 Å². The van der Waals surface area contributed by atoms with Crippen molar-refractivity contribution < 1.29 is 58.7 Å². The van der Waals surface area contributed by atoms with Gasteiger partial charge in [-0.2, -0.15) is 0 Å². The SMILES string of the molecule is Cn1cncc1C(C)(O)C1=Cc2cccnc2[C@@H](N2CCN(C(=O)OC(C)(C)C)CC2)c2ccc(Cl)cc21.[Ac]. The fraction of sp³-hybridized carbons (Fsp3) is 0.414. The summed E-state index contributed by atoms with van der Waals surface area (Å²) in [5.74, 6) is 0. The number of piperazine rings is 1. The number of hydrogen-bond acceptors (Lipinski definition) is 6. The molecule has 0 bridgehead atoms. The molecule has 1 amide bonds. The van der Waals surface area contributed by atoms with E-state index in [0.29, 0.717) is 36.9 Å². The van der Waals surface area contributed by atoms with Gasteiger partial charge in [0.25, 0.3) is 0 Å². The Bertz CT molecular complexity index is 1390. The normalized spacial score (nSPS) is 19.1. The van der Waals surface area contributed by atoms with Crippen molar-refractivity contribution in [3.8, 4) is 0 Å². The number of hydrogen-bond donors (Lipinski definition) is 1. The van der Waals surface area contributed by atoms with E-state index in [-0.39, 0.29) is 56.2 Å². The maximum atomic E-state index is 12.7. The van der Waals surface area contributed by atoms with Gasteiger partial charge in [0.2, 0.25) is 0 Å². The molecular formula is C29H34AcClN5O3. The van der Waals surface area contributed by atoms with Crippen molar-refractivity contribution in [3.05, 3.63) is 82.2 Å². The second-order valence-corrected chi connectivity index (χ2v) is 11.6.